The zero-order valence-corrected chi connectivity index (χ0v) is 11.9. The Morgan fingerprint density at radius 3 is 2.76 bits per heavy atom. The summed E-state index contributed by atoms with van der Waals surface area (Å²) in [7, 11) is 0. The van der Waals surface area contributed by atoms with E-state index >= 15 is 0 Å². The maximum absolute atomic E-state index is 11.4. The molecular weight excluding hydrogens is 270 g/mol. The number of fused-ring (bicyclic) bond motifs is 1. The third-order valence-electron chi connectivity index (χ3n) is 3.23. The summed E-state index contributed by atoms with van der Waals surface area (Å²) in [5, 5.41) is 14.8. The molecule has 0 fully saturated rings. The summed E-state index contributed by atoms with van der Waals surface area (Å²) in [6.45, 7) is 2.68. The molecule has 21 heavy (non-hydrogen) atoms. The van der Waals surface area contributed by atoms with Crippen LogP contribution in [0.5, 0.6) is 0 Å². The lowest BCUT2D eigenvalue weighted by molar-refractivity contribution is -0.136. The first-order chi connectivity index (χ1) is 10.1. The Balaban J connectivity index is 1.80. The second kappa shape index (κ2) is 6.78. The molecule has 1 aromatic carbocycles. The SMILES string of the molecule is Cc1ccc2c(CCNC(=O)NCCC(=O)O)c[nH]c2c1. The summed E-state index contributed by atoms with van der Waals surface area (Å²) in [6.07, 6.45) is 2.60. The van der Waals surface area contributed by atoms with Crippen LogP contribution in [-0.2, 0) is 11.2 Å². The number of carbonyl (C=O) groups excluding carboxylic acids is 1. The highest BCUT2D eigenvalue weighted by Gasteiger charge is 2.05. The lowest BCUT2D eigenvalue weighted by Crippen LogP contribution is -2.37. The maximum Gasteiger partial charge on any atom is 0.314 e. The lowest BCUT2D eigenvalue weighted by atomic mass is 10.1. The highest BCUT2D eigenvalue weighted by molar-refractivity contribution is 5.84. The monoisotopic (exact) mass is 289 g/mol. The van der Waals surface area contributed by atoms with Crippen molar-refractivity contribution in [2.75, 3.05) is 13.1 Å². The number of aromatic amines is 1. The minimum atomic E-state index is -0.926. The molecule has 0 saturated heterocycles. The van der Waals surface area contributed by atoms with Crippen LogP contribution in [0.3, 0.4) is 0 Å². The number of aliphatic carboxylic acids is 1. The van der Waals surface area contributed by atoms with Gasteiger partial charge in [0.25, 0.3) is 0 Å². The van der Waals surface area contributed by atoms with Crippen LogP contribution in [0.15, 0.2) is 24.4 Å². The number of hydrogen-bond donors (Lipinski definition) is 4. The molecule has 112 valence electrons. The third-order valence-corrected chi connectivity index (χ3v) is 3.23. The van der Waals surface area contributed by atoms with E-state index in [9.17, 15) is 9.59 Å². The fourth-order valence-corrected chi connectivity index (χ4v) is 2.16. The van der Waals surface area contributed by atoms with Gasteiger partial charge in [-0.05, 0) is 30.5 Å². The molecule has 6 heteroatoms. The quantitative estimate of drug-likeness (QED) is 0.653. The van der Waals surface area contributed by atoms with Gasteiger partial charge in [0, 0.05) is 30.2 Å². The standard InChI is InChI=1S/C15H19N3O3/c1-10-2-3-12-11(9-18-13(12)8-10)4-6-16-15(21)17-7-5-14(19)20/h2-3,8-9,18H,4-7H2,1H3,(H,19,20)(H2,16,17,21). The minimum Gasteiger partial charge on any atom is -0.481 e. The van der Waals surface area contributed by atoms with E-state index in [4.69, 9.17) is 5.11 Å². The molecule has 0 unspecified atom stereocenters. The smallest absolute Gasteiger partial charge is 0.314 e. The van der Waals surface area contributed by atoms with Crippen molar-refractivity contribution in [1.29, 1.82) is 0 Å². The number of rotatable bonds is 6. The number of amides is 2. The van der Waals surface area contributed by atoms with Gasteiger partial charge in [-0.3, -0.25) is 4.79 Å². The molecule has 2 aromatic rings. The van der Waals surface area contributed by atoms with Crippen LogP contribution in [0.4, 0.5) is 4.79 Å². The molecule has 0 aliphatic rings. The lowest BCUT2D eigenvalue weighted by Gasteiger charge is -2.06. The highest BCUT2D eigenvalue weighted by atomic mass is 16.4. The molecule has 0 radical (unpaired) electrons. The van der Waals surface area contributed by atoms with E-state index in [-0.39, 0.29) is 19.0 Å². The zero-order valence-electron chi connectivity index (χ0n) is 11.9. The maximum atomic E-state index is 11.4. The van der Waals surface area contributed by atoms with Gasteiger partial charge in [0.05, 0.1) is 6.42 Å². The van der Waals surface area contributed by atoms with Gasteiger partial charge in [-0.25, -0.2) is 4.79 Å². The average molecular weight is 289 g/mol. The normalized spacial score (nSPS) is 10.5. The third kappa shape index (κ3) is 4.24. The van der Waals surface area contributed by atoms with E-state index < -0.39 is 5.97 Å². The van der Waals surface area contributed by atoms with E-state index in [1.165, 1.54) is 5.56 Å². The Bertz CT molecular complexity index is 649. The van der Waals surface area contributed by atoms with Gasteiger partial charge in [-0.2, -0.15) is 0 Å². The van der Waals surface area contributed by atoms with Gasteiger partial charge in [-0.1, -0.05) is 12.1 Å². The number of aromatic nitrogens is 1. The first-order valence-electron chi connectivity index (χ1n) is 6.86. The molecule has 1 aromatic heterocycles. The number of carboxylic acids is 1. The molecule has 0 saturated carbocycles. The van der Waals surface area contributed by atoms with Crippen molar-refractivity contribution in [2.24, 2.45) is 0 Å². The van der Waals surface area contributed by atoms with Gasteiger partial charge in [0.15, 0.2) is 0 Å². The Kier molecular flexibility index (Phi) is 4.81. The predicted octanol–water partition coefficient (Wildman–Crippen LogP) is 1.79. The molecule has 2 amide bonds. The molecule has 0 atom stereocenters. The molecule has 1 heterocycles. The van der Waals surface area contributed by atoms with Crippen LogP contribution in [0.2, 0.25) is 0 Å². The summed E-state index contributed by atoms with van der Waals surface area (Å²) in [5.74, 6) is -0.926. The van der Waals surface area contributed by atoms with E-state index in [1.807, 2.05) is 13.1 Å². The highest BCUT2D eigenvalue weighted by Crippen LogP contribution is 2.19. The summed E-state index contributed by atoms with van der Waals surface area (Å²) in [4.78, 5) is 25.0. The summed E-state index contributed by atoms with van der Waals surface area (Å²) in [5.41, 5.74) is 3.44. The Hall–Kier alpha value is -2.50. The molecule has 2 rings (SSSR count). The van der Waals surface area contributed by atoms with Crippen LogP contribution in [0, 0.1) is 6.92 Å². The van der Waals surface area contributed by atoms with Crippen LogP contribution in [-0.4, -0.2) is 35.2 Å². The molecule has 0 bridgehead atoms. The van der Waals surface area contributed by atoms with E-state index in [1.54, 1.807) is 0 Å². The Morgan fingerprint density at radius 2 is 2.00 bits per heavy atom. The van der Waals surface area contributed by atoms with Crippen molar-refractivity contribution >= 4 is 22.9 Å². The van der Waals surface area contributed by atoms with Crippen LogP contribution in [0.25, 0.3) is 10.9 Å². The Labute approximate surface area is 122 Å². The molecule has 4 N–H and O–H groups in total. The molecular formula is C15H19N3O3. The van der Waals surface area contributed by atoms with Crippen LogP contribution in [0.1, 0.15) is 17.5 Å². The first kappa shape index (κ1) is 14.9. The largest absolute Gasteiger partial charge is 0.481 e. The second-order valence-corrected chi connectivity index (χ2v) is 4.94. The summed E-state index contributed by atoms with van der Waals surface area (Å²) >= 11 is 0. The van der Waals surface area contributed by atoms with Gasteiger partial charge in [0.1, 0.15) is 0 Å². The fraction of sp³-hybridized carbons (Fsp3) is 0.333. The van der Waals surface area contributed by atoms with Gasteiger partial charge in [-0.15, -0.1) is 0 Å². The van der Waals surface area contributed by atoms with Crippen LogP contribution >= 0.6 is 0 Å². The number of carboxylic acid groups (broad SMARTS) is 1. The van der Waals surface area contributed by atoms with Gasteiger partial charge in [0.2, 0.25) is 0 Å². The van der Waals surface area contributed by atoms with Crippen molar-refractivity contribution < 1.29 is 14.7 Å². The fourth-order valence-electron chi connectivity index (χ4n) is 2.16. The second-order valence-electron chi connectivity index (χ2n) is 4.94. The van der Waals surface area contributed by atoms with Crippen LogP contribution < -0.4 is 10.6 Å². The van der Waals surface area contributed by atoms with E-state index in [2.05, 4.69) is 33.8 Å². The first-order valence-corrected chi connectivity index (χ1v) is 6.86. The molecule has 0 aliphatic carbocycles. The predicted molar refractivity (Wildman–Crippen MR) is 80.4 cm³/mol. The van der Waals surface area contributed by atoms with Crippen molar-refractivity contribution in [3.63, 3.8) is 0 Å². The van der Waals surface area contributed by atoms with Crippen molar-refractivity contribution in [3.05, 3.63) is 35.5 Å². The number of hydrogen-bond acceptors (Lipinski definition) is 2. The molecule has 0 aliphatic heterocycles. The van der Waals surface area contributed by atoms with Gasteiger partial charge >= 0.3 is 12.0 Å². The summed E-state index contributed by atoms with van der Waals surface area (Å²) in [6, 6.07) is 5.88. The van der Waals surface area contributed by atoms with E-state index in [0.29, 0.717) is 6.54 Å². The molecule has 0 spiro atoms. The number of H-pyrrole nitrogens is 1. The zero-order chi connectivity index (χ0) is 15.2. The number of benzene rings is 1. The number of nitrogens with one attached hydrogen (secondary N) is 3. The molecule has 6 nitrogen and oxygen atoms in total. The Morgan fingerprint density at radius 1 is 1.24 bits per heavy atom. The number of urea groups is 1. The van der Waals surface area contributed by atoms with Crippen molar-refractivity contribution in [3.8, 4) is 0 Å². The van der Waals surface area contributed by atoms with Gasteiger partial charge < -0.3 is 20.7 Å². The van der Waals surface area contributed by atoms with Crippen molar-refractivity contribution in [1.82, 2.24) is 15.6 Å². The number of aryl methyl sites for hydroxylation is 1. The topological polar surface area (TPSA) is 94.2 Å². The number of carbonyl (C=O) groups is 2. The van der Waals surface area contributed by atoms with E-state index in [0.717, 1.165) is 22.9 Å². The average Bonchev–Trinajstić information content (AvgIpc) is 2.80. The summed E-state index contributed by atoms with van der Waals surface area (Å²) < 4.78 is 0. The minimum absolute atomic E-state index is 0.0742. The van der Waals surface area contributed by atoms with Crippen molar-refractivity contribution in [2.45, 2.75) is 19.8 Å².